The van der Waals surface area contributed by atoms with Gasteiger partial charge in [-0.2, -0.15) is 0 Å². The largest absolute Gasteiger partial charge is 0.482 e. The first-order chi connectivity index (χ1) is 15.2. The molecule has 8 nitrogen and oxygen atoms in total. The fourth-order valence-corrected chi connectivity index (χ4v) is 3.64. The van der Waals surface area contributed by atoms with E-state index in [0.29, 0.717) is 25.6 Å². The number of aromatic nitrogens is 1. The molecule has 31 heavy (non-hydrogen) atoms. The third kappa shape index (κ3) is 5.99. The maximum atomic E-state index is 12.3. The second-order valence-electron chi connectivity index (χ2n) is 7.51. The lowest BCUT2D eigenvalue weighted by molar-refractivity contribution is -0.121. The molecule has 0 saturated heterocycles. The van der Waals surface area contributed by atoms with E-state index in [-0.39, 0.29) is 12.5 Å². The van der Waals surface area contributed by atoms with Gasteiger partial charge in [0.05, 0.1) is 11.4 Å². The van der Waals surface area contributed by atoms with Crippen molar-refractivity contribution < 1.29 is 14.1 Å². The van der Waals surface area contributed by atoms with Gasteiger partial charge in [-0.25, -0.2) is 4.99 Å². The van der Waals surface area contributed by atoms with Crippen molar-refractivity contribution in [3.05, 3.63) is 41.8 Å². The lowest BCUT2D eigenvalue weighted by atomic mass is 9.99. The molecule has 8 heteroatoms. The number of amides is 1. The van der Waals surface area contributed by atoms with Gasteiger partial charge < -0.3 is 24.8 Å². The number of nitrogens with one attached hydrogen (secondary N) is 2. The van der Waals surface area contributed by atoms with Gasteiger partial charge in [0.1, 0.15) is 12.3 Å². The van der Waals surface area contributed by atoms with Crippen LogP contribution in [-0.2, 0) is 11.3 Å². The van der Waals surface area contributed by atoms with E-state index < -0.39 is 0 Å². The smallest absolute Gasteiger partial charge is 0.265 e. The second-order valence-corrected chi connectivity index (χ2v) is 7.51. The zero-order valence-electron chi connectivity index (χ0n) is 18.7. The molecule has 0 spiro atoms. The van der Waals surface area contributed by atoms with Crippen LogP contribution in [0, 0.1) is 0 Å². The van der Waals surface area contributed by atoms with Gasteiger partial charge in [-0.1, -0.05) is 31.1 Å². The fraction of sp³-hybridized carbons (Fsp3) is 0.522. The summed E-state index contributed by atoms with van der Waals surface area (Å²) in [7, 11) is 0. The number of hydrogen-bond acceptors (Lipinski definition) is 5. The zero-order valence-corrected chi connectivity index (χ0v) is 18.7. The molecule has 2 N–H and O–H groups in total. The molecule has 0 bridgehead atoms. The molecule has 0 saturated carbocycles. The van der Waals surface area contributed by atoms with Crippen LogP contribution in [0.4, 0.5) is 5.69 Å². The molecule has 0 unspecified atom stereocenters. The number of aliphatic imine (C=N–C) groups is 1. The highest BCUT2D eigenvalue weighted by atomic mass is 16.5. The topological polar surface area (TPSA) is 92.0 Å². The van der Waals surface area contributed by atoms with E-state index >= 15 is 0 Å². The number of guanidine groups is 1. The van der Waals surface area contributed by atoms with Crippen molar-refractivity contribution in [2.75, 3.05) is 31.1 Å². The predicted molar refractivity (Wildman–Crippen MR) is 122 cm³/mol. The SMILES string of the molecule is CCNC(=NCc1cc(C(CC)CC)no1)NCCCN1C(=O)COc2ccccc21. The van der Waals surface area contributed by atoms with Crippen LogP contribution in [0.5, 0.6) is 5.75 Å². The van der Waals surface area contributed by atoms with Crippen LogP contribution in [0.25, 0.3) is 0 Å². The molecule has 2 heterocycles. The van der Waals surface area contributed by atoms with Crippen molar-refractivity contribution >= 4 is 17.6 Å². The highest BCUT2D eigenvalue weighted by Crippen LogP contribution is 2.31. The monoisotopic (exact) mass is 427 g/mol. The average Bonchev–Trinajstić information content (AvgIpc) is 3.25. The number of carbonyl (C=O) groups excluding carboxylic acids is 1. The average molecular weight is 428 g/mol. The number of carbonyl (C=O) groups is 1. The summed E-state index contributed by atoms with van der Waals surface area (Å²) in [4.78, 5) is 18.7. The van der Waals surface area contributed by atoms with Crippen molar-refractivity contribution in [1.82, 2.24) is 15.8 Å². The van der Waals surface area contributed by atoms with Crippen LogP contribution in [0.15, 0.2) is 39.8 Å². The minimum atomic E-state index is -0.0159. The molecular weight excluding hydrogens is 394 g/mol. The molecule has 1 aromatic carbocycles. The van der Waals surface area contributed by atoms with Gasteiger partial charge in [0, 0.05) is 31.6 Å². The number of anilines is 1. The molecule has 3 rings (SSSR count). The molecule has 1 aromatic heterocycles. The molecule has 0 fully saturated rings. The minimum Gasteiger partial charge on any atom is -0.482 e. The Hall–Kier alpha value is -3.03. The highest BCUT2D eigenvalue weighted by Gasteiger charge is 2.24. The maximum absolute atomic E-state index is 12.3. The Morgan fingerprint density at radius 3 is 2.81 bits per heavy atom. The van der Waals surface area contributed by atoms with Crippen LogP contribution < -0.4 is 20.3 Å². The summed E-state index contributed by atoms with van der Waals surface area (Å²) >= 11 is 0. The number of ether oxygens (including phenoxy) is 1. The van der Waals surface area contributed by atoms with E-state index in [2.05, 4.69) is 34.6 Å². The third-order valence-electron chi connectivity index (χ3n) is 5.38. The fourth-order valence-electron chi connectivity index (χ4n) is 3.64. The minimum absolute atomic E-state index is 0.0159. The molecule has 168 valence electrons. The van der Waals surface area contributed by atoms with Crippen molar-refractivity contribution in [3.8, 4) is 5.75 Å². The van der Waals surface area contributed by atoms with Crippen LogP contribution >= 0.6 is 0 Å². The van der Waals surface area contributed by atoms with E-state index in [1.807, 2.05) is 37.3 Å². The Kier molecular flexibility index (Phi) is 8.32. The molecule has 1 aliphatic heterocycles. The zero-order chi connectivity index (χ0) is 22.1. The van der Waals surface area contributed by atoms with Crippen LogP contribution in [0.1, 0.15) is 57.4 Å². The highest BCUT2D eigenvalue weighted by molar-refractivity contribution is 5.97. The summed E-state index contributed by atoms with van der Waals surface area (Å²) in [5.74, 6) is 2.65. The summed E-state index contributed by atoms with van der Waals surface area (Å²) in [6, 6.07) is 9.64. The van der Waals surface area contributed by atoms with E-state index in [9.17, 15) is 4.79 Å². The molecule has 0 aliphatic carbocycles. The van der Waals surface area contributed by atoms with Crippen LogP contribution in [-0.4, -0.2) is 43.3 Å². The molecular formula is C23H33N5O3. The standard InChI is InChI=1S/C23H33N5O3/c1-4-17(5-2)19-14-18(31-27-19)15-26-23(24-6-3)25-12-9-13-28-20-10-7-8-11-21(20)30-16-22(28)29/h7-8,10-11,14,17H,4-6,9,12-13,15-16H2,1-3H3,(H2,24,25,26). The molecule has 0 atom stereocenters. The number of nitrogens with zero attached hydrogens (tertiary/aromatic N) is 3. The number of fused-ring (bicyclic) bond motifs is 1. The normalized spacial score (nSPS) is 13.9. The summed E-state index contributed by atoms with van der Waals surface area (Å²) in [5, 5.41) is 10.8. The van der Waals surface area contributed by atoms with Gasteiger partial charge in [-0.3, -0.25) is 4.79 Å². The lowest BCUT2D eigenvalue weighted by Gasteiger charge is -2.29. The number of rotatable bonds is 10. The maximum Gasteiger partial charge on any atom is 0.265 e. The number of para-hydroxylation sites is 2. The van der Waals surface area contributed by atoms with Crippen LogP contribution in [0.3, 0.4) is 0 Å². The first kappa shape index (κ1) is 22.7. The Morgan fingerprint density at radius 1 is 1.23 bits per heavy atom. The molecule has 1 amide bonds. The lowest BCUT2D eigenvalue weighted by Crippen LogP contribution is -2.42. The molecule has 0 radical (unpaired) electrons. The van der Waals surface area contributed by atoms with Gasteiger partial charge in [0.25, 0.3) is 5.91 Å². The van der Waals surface area contributed by atoms with Gasteiger partial charge in [-0.15, -0.1) is 0 Å². The van der Waals surface area contributed by atoms with Crippen molar-refractivity contribution in [3.63, 3.8) is 0 Å². The Labute approximate surface area is 184 Å². The Morgan fingerprint density at radius 2 is 2.03 bits per heavy atom. The van der Waals surface area contributed by atoms with Crippen molar-refractivity contribution in [2.45, 2.75) is 52.5 Å². The number of benzene rings is 1. The first-order valence-electron chi connectivity index (χ1n) is 11.2. The number of hydrogen-bond donors (Lipinski definition) is 2. The van der Waals surface area contributed by atoms with E-state index in [1.165, 1.54) is 0 Å². The first-order valence-corrected chi connectivity index (χ1v) is 11.2. The summed E-state index contributed by atoms with van der Waals surface area (Å²) < 4.78 is 11.0. The van der Waals surface area contributed by atoms with E-state index in [0.717, 1.165) is 54.7 Å². The summed E-state index contributed by atoms with van der Waals surface area (Å²) in [5.41, 5.74) is 1.83. The van der Waals surface area contributed by atoms with Crippen LogP contribution in [0.2, 0.25) is 0 Å². The van der Waals surface area contributed by atoms with Gasteiger partial charge >= 0.3 is 0 Å². The van der Waals surface area contributed by atoms with Gasteiger partial charge in [0.15, 0.2) is 18.3 Å². The van der Waals surface area contributed by atoms with Crippen molar-refractivity contribution in [1.29, 1.82) is 0 Å². The summed E-state index contributed by atoms with van der Waals surface area (Å²) in [6.45, 7) is 8.94. The van der Waals surface area contributed by atoms with Gasteiger partial charge in [-0.05, 0) is 38.3 Å². The molecule has 2 aromatic rings. The van der Waals surface area contributed by atoms with E-state index in [1.54, 1.807) is 4.90 Å². The van der Waals surface area contributed by atoms with Crippen molar-refractivity contribution in [2.24, 2.45) is 4.99 Å². The quantitative estimate of drug-likeness (QED) is 0.343. The van der Waals surface area contributed by atoms with Gasteiger partial charge in [0.2, 0.25) is 0 Å². The Bertz CT molecular complexity index is 876. The van der Waals surface area contributed by atoms with E-state index in [4.69, 9.17) is 9.26 Å². The second kappa shape index (κ2) is 11.4. The Balaban J connectivity index is 1.51. The summed E-state index contributed by atoms with van der Waals surface area (Å²) in [6.07, 6.45) is 2.88. The third-order valence-corrected chi connectivity index (χ3v) is 5.38. The molecule has 1 aliphatic rings. The predicted octanol–water partition coefficient (Wildman–Crippen LogP) is 3.45.